The lowest BCUT2D eigenvalue weighted by Crippen LogP contribution is -2.32. The van der Waals surface area contributed by atoms with Gasteiger partial charge in [0.25, 0.3) is 0 Å². The highest BCUT2D eigenvalue weighted by Gasteiger charge is 2.23. The van der Waals surface area contributed by atoms with E-state index >= 15 is 0 Å². The van der Waals surface area contributed by atoms with Crippen LogP contribution in [0.1, 0.15) is 72.1 Å². The van der Waals surface area contributed by atoms with E-state index < -0.39 is 0 Å². The number of carbonyl (C=O) groups is 1. The number of amides is 1. The number of nitrogens with zero attached hydrogens (tertiary/aromatic N) is 1. The van der Waals surface area contributed by atoms with Crippen molar-refractivity contribution in [2.45, 2.75) is 72.1 Å². The Bertz CT molecular complexity index is 245. The molecule has 0 radical (unpaired) electrons. The van der Waals surface area contributed by atoms with E-state index in [1.165, 1.54) is 44.9 Å². The van der Waals surface area contributed by atoms with E-state index in [-0.39, 0.29) is 11.8 Å². The number of alkyl halides is 1. The van der Waals surface area contributed by atoms with Crippen LogP contribution in [0.2, 0.25) is 0 Å². The third-order valence-electron chi connectivity index (χ3n) is 4.08. The van der Waals surface area contributed by atoms with Gasteiger partial charge in [-0.2, -0.15) is 0 Å². The monoisotopic (exact) mass is 289 g/mol. The van der Waals surface area contributed by atoms with Crippen LogP contribution in [0, 0.1) is 5.41 Å². The predicted octanol–water partition coefficient (Wildman–Crippen LogP) is 4.85. The molecule has 0 saturated heterocycles. The van der Waals surface area contributed by atoms with Crippen LogP contribution in [0.4, 0.5) is 0 Å². The van der Waals surface area contributed by atoms with Gasteiger partial charge in [-0.25, -0.2) is 0 Å². The minimum Gasteiger partial charge on any atom is -0.345 e. The lowest BCUT2D eigenvalue weighted by molar-refractivity contribution is -0.127. The molecule has 0 N–H and O–H groups in total. The van der Waals surface area contributed by atoms with Crippen LogP contribution in [-0.2, 0) is 4.79 Å². The molecule has 114 valence electrons. The summed E-state index contributed by atoms with van der Waals surface area (Å²) < 4.78 is 0. The summed E-state index contributed by atoms with van der Waals surface area (Å²) >= 11 is 5.59. The van der Waals surface area contributed by atoms with Crippen LogP contribution in [0.3, 0.4) is 0 Å². The van der Waals surface area contributed by atoms with Gasteiger partial charge in [0.1, 0.15) is 5.88 Å². The fraction of sp³-hybridized carbons (Fsp3) is 0.938. The van der Waals surface area contributed by atoms with Crippen LogP contribution < -0.4 is 0 Å². The van der Waals surface area contributed by atoms with Crippen LogP contribution >= 0.6 is 11.6 Å². The molecule has 0 spiro atoms. The Kier molecular flexibility index (Phi) is 10.4. The zero-order valence-corrected chi connectivity index (χ0v) is 14.1. The SMILES string of the molecule is CCCCCCC(C)(CCC)CCN(C)C(=O)CCl. The molecule has 0 aliphatic rings. The van der Waals surface area contributed by atoms with Gasteiger partial charge in [-0.1, -0.05) is 52.9 Å². The quantitative estimate of drug-likeness (QED) is 0.393. The average molecular weight is 290 g/mol. The summed E-state index contributed by atoms with van der Waals surface area (Å²) in [6.45, 7) is 7.70. The van der Waals surface area contributed by atoms with Gasteiger partial charge in [-0.3, -0.25) is 4.79 Å². The van der Waals surface area contributed by atoms with E-state index in [4.69, 9.17) is 11.6 Å². The highest BCUT2D eigenvalue weighted by Crippen LogP contribution is 2.34. The predicted molar refractivity (Wildman–Crippen MR) is 84.7 cm³/mol. The van der Waals surface area contributed by atoms with Gasteiger partial charge in [0.15, 0.2) is 0 Å². The molecule has 19 heavy (non-hydrogen) atoms. The van der Waals surface area contributed by atoms with E-state index in [1.807, 2.05) is 7.05 Å². The molecule has 0 aromatic carbocycles. The maximum atomic E-state index is 11.5. The Morgan fingerprint density at radius 2 is 1.74 bits per heavy atom. The topological polar surface area (TPSA) is 20.3 Å². The highest BCUT2D eigenvalue weighted by molar-refractivity contribution is 6.27. The van der Waals surface area contributed by atoms with E-state index in [0.29, 0.717) is 5.41 Å². The summed E-state index contributed by atoms with van der Waals surface area (Å²) in [6, 6.07) is 0. The first kappa shape index (κ1) is 18.8. The Hall–Kier alpha value is -0.240. The number of rotatable bonds is 11. The third kappa shape index (κ3) is 8.52. The second-order valence-electron chi connectivity index (χ2n) is 6.07. The Morgan fingerprint density at radius 3 is 2.26 bits per heavy atom. The molecule has 3 heteroatoms. The largest absolute Gasteiger partial charge is 0.345 e. The molecular formula is C16H32ClNO. The maximum absolute atomic E-state index is 11.5. The van der Waals surface area contributed by atoms with Gasteiger partial charge >= 0.3 is 0 Å². The molecule has 0 aliphatic carbocycles. The van der Waals surface area contributed by atoms with Crippen molar-refractivity contribution < 1.29 is 4.79 Å². The third-order valence-corrected chi connectivity index (χ3v) is 4.31. The standard InChI is InChI=1S/C16H32ClNO/c1-5-7-8-9-11-16(3,10-6-2)12-13-18(4)15(19)14-17/h5-14H2,1-4H3. The highest BCUT2D eigenvalue weighted by atomic mass is 35.5. The molecule has 0 aromatic heterocycles. The molecule has 1 unspecified atom stereocenters. The second-order valence-corrected chi connectivity index (χ2v) is 6.34. The van der Waals surface area contributed by atoms with E-state index in [9.17, 15) is 4.79 Å². The fourth-order valence-electron chi connectivity index (χ4n) is 2.62. The van der Waals surface area contributed by atoms with Crippen molar-refractivity contribution in [2.24, 2.45) is 5.41 Å². The van der Waals surface area contributed by atoms with Crippen molar-refractivity contribution in [2.75, 3.05) is 19.5 Å². The second kappa shape index (κ2) is 10.5. The molecule has 0 bridgehead atoms. The number of hydrogen-bond acceptors (Lipinski definition) is 1. The molecule has 0 heterocycles. The van der Waals surface area contributed by atoms with Gasteiger partial charge in [-0.15, -0.1) is 11.6 Å². The number of carbonyl (C=O) groups excluding carboxylic acids is 1. The Morgan fingerprint density at radius 1 is 1.05 bits per heavy atom. The van der Waals surface area contributed by atoms with Crippen molar-refractivity contribution in [1.29, 1.82) is 0 Å². The van der Waals surface area contributed by atoms with Crippen molar-refractivity contribution in [3.8, 4) is 0 Å². The number of halogens is 1. The molecule has 0 saturated carbocycles. The van der Waals surface area contributed by atoms with Crippen LogP contribution in [-0.4, -0.2) is 30.3 Å². The van der Waals surface area contributed by atoms with E-state index in [2.05, 4.69) is 20.8 Å². The smallest absolute Gasteiger partial charge is 0.237 e. The summed E-state index contributed by atoms with van der Waals surface area (Å²) in [5.74, 6) is 0.129. The molecule has 0 aliphatic heterocycles. The lowest BCUT2D eigenvalue weighted by atomic mass is 9.77. The van der Waals surface area contributed by atoms with Crippen LogP contribution in [0.5, 0.6) is 0 Å². The molecule has 1 amide bonds. The molecule has 1 atom stereocenters. The van der Waals surface area contributed by atoms with Crippen molar-refractivity contribution in [3.63, 3.8) is 0 Å². The van der Waals surface area contributed by atoms with Crippen molar-refractivity contribution >= 4 is 17.5 Å². The summed E-state index contributed by atoms with van der Waals surface area (Å²) in [5.41, 5.74) is 0.378. The summed E-state index contributed by atoms with van der Waals surface area (Å²) in [5, 5.41) is 0. The summed E-state index contributed by atoms with van der Waals surface area (Å²) in [6.07, 6.45) is 10.1. The van der Waals surface area contributed by atoms with Crippen molar-refractivity contribution in [3.05, 3.63) is 0 Å². The fourth-order valence-corrected chi connectivity index (χ4v) is 2.83. The van der Waals surface area contributed by atoms with E-state index in [0.717, 1.165) is 13.0 Å². The molecule has 0 aromatic rings. The van der Waals surface area contributed by atoms with Gasteiger partial charge in [0.05, 0.1) is 0 Å². The molecule has 2 nitrogen and oxygen atoms in total. The van der Waals surface area contributed by atoms with Crippen molar-refractivity contribution in [1.82, 2.24) is 4.90 Å². The normalized spacial score (nSPS) is 14.2. The first-order chi connectivity index (χ1) is 8.99. The zero-order valence-electron chi connectivity index (χ0n) is 13.3. The minimum atomic E-state index is 0.0338. The van der Waals surface area contributed by atoms with Crippen LogP contribution in [0.25, 0.3) is 0 Å². The summed E-state index contributed by atoms with van der Waals surface area (Å²) in [7, 11) is 1.86. The van der Waals surface area contributed by atoms with E-state index in [1.54, 1.807) is 4.90 Å². The lowest BCUT2D eigenvalue weighted by Gasteiger charge is -2.31. The minimum absolute atomic E-state index is 0.0338. The van der Waals surface area contributed by atoms with Crippen LogP contribution in [0.15, 0.2) is 0 Å². The Balaban J connectivity index is 4.17. The number of hydrogen-bond donors (Lipinski definition) is 0. The average Bonchev–Trinajstić information content (AvgIpc) is 2.40. The Labute approximate surface area is 124 Å². The number of unbranched alkanes of at least 4 members (excludes halogenated alkanes) is 3. The first-order valence-electron chi connectivity index (χ1n) is 7.79. The first-order valence-corrected chi connectivity index (χ1v) is 8.32. The van der Waals surface area contributed by atoms with Gasteiger partial charge in [0.2, 0.25) is 5.91 Å². The van der Waals surface area contributed by atoms with Gasteiger partial charge in [0, 0.05) is 13.6 Å². The van der Waals surface area contributed by atoms with Gasteiger partial charge < -0.3 is 4.90 Å². The maximum Gasteiger partial charge on any atom is 0.237 e. The molecule has 0 fully saturated rings. The zero-order chi connectivity index (χ0) is 14.7. The molecular weight excluding hydrogens is 258 g/mol. The van der Waals surface area contributed by atoms with Gasteiger partial charge in [-0.05, 0) is 24.7 Å². The summed E-state index contributed by atoms with van der Waals surface area (Å²) in [4.78, 5) is 13.3. The molecule has 0 rings (SSSR count).